The van der Waals surface area contributed by atoms with Gasteiger partial charge >= 0.3 is 5.97 Å². The number of methoxy groups -OCH3 is 1. The lowest BCUT2D eigenvalue weighted by Crippen LogP contribution is -2.52. The van der Waals surface area contributed by atoms with Crippen LogP contribution in [0.3, 0.4) is 0 Å². The Labute approximate surface area is 294 Å². The minimum absolute atomic E-state index is 0.0473. The molecule has 1 unspecified atom stereocenters. The molecule has 2 aliphatic rings. The van der Waals surface area contributed by atoms with Crippen molar-refractivity contribution in [3.8, 4) is 5.69 Å². The van der Waals surface area contributed by atoms with Gasteiger partial charge in [-0.3, -0.25) is 19.1 Å². The Morgan fingerprint density at radius 1 is 0.863 bits per heavy atom. The highest BCUT2D eigenvalue weighted by molar-refractivity contribution is 5.94. The Kier molecular flexibility index (Phi) is 9.75. The van der Waals surface area contributed by atoms with E-state index < -0.39 is 5.97 Å². The van der Waals surface area contributed by atoms with E-state index in [4.69, 9.17) is 24.2 Å². The van der Waals surface area contributed by atoms with E-state index in [1.54, 1.807) is 65.4 Å². The number of aryl methyl sites for hydroxylation is 1. The lowest BCUT2D eigenvalue weighted by molar-refractivity contribution is 0.0579. The Morgan fingerprint density at radius 2 is 1.59 bits per heavy atom. The van der Waals surface area contributed by atoms with Crippen molar-refractivity contribution in [2.75, 3.05) is 45.0 Å². The van der Waals surface area contributed by atoms with Crippen LogP contribution in [0.5, 0.6) is 0 Å². The van der Waals surface area contributed by atoms with Crippen molar-refractivity contribution in [1.29, 1.82) is 0 Å². The summed E-state index contributed by atoms with van der Waals surface area (Å²) in [5, 5.41) is 3.67. The predicted molar refractivity (Wildman–Crippen MR) is 192 cm³/mol. The molecule has 3 aromatic carbocycles. The molecular weight excluding hydrogens is 648 g/mol. The first-order valence-electron chi connectivity index (χ1n) is 16.8. The standard InChI is InChI=1S/C39H38N6O6/c1-26-32-16-17-35(46)45(31-14-12-29(13-15-31)37(47)40-23-28-8-10-30(11-9-28)38(48)49-2)36(32)42-39(41-26)44-20-18-43(19-21-44)33(34-24-50-25-51-34)22-27-6-4-3-5-7-27/h3-17,24,33H,18-23,25H2,1-2H3,(H,40,47). The molecule has 4 heterocycles. The number of piperazine rings is 1. The molecule has 1 atom stereocenters. The molecule has 260 valence electrons. The molecular formula is C39H38N6O6. The van der Waals surface area contributed by atoms with Gasteiger partial charge in [-0.2, -0.15) is 4.98 Å². The van der Waals surface area contributed by atoms with Crippen molar-refractivity contribution in [3.63, 3.8) is 0 Å². The van der Waals surface area contributed by atoms with Crippen molar-refractivity contribution in [2.24, 2.45) is 0 Å². The average molecular weight is 687 g/mol. The van der Waals surface area contributed by atoms with Gasteiger partial charge in [0.25, 0.3) is 11.5 Å². The monoisotopic (exact) mass is 686 g/mol. The lowest BCUT2D eigenvalue weighted by Gasteiger charge is -2.39. The predicted octanol–water partition coefficient (Wildman–Crippen LogP) is 4.38. The highest BCUT2D eigenvalue weighted by Gasteiger charge is 2.31. The van der Waals surface area contributed by atoms with Crippen LogP contribution in [0.2, 0.25) is 0 Å². The Bertz CT molecular complexity index is 2120. The van der Waals surface area contributed by atoms with Crippen molar-refractivity contribution in [1.82, 2.24) is 24.8 Å². The number of aromatic nitrogens is 3. The van der Waals surface area contributed by atoms with E-state index in [1.807, 2.05) is 25.1 Å². The molecule has 12 heteroatoms. The van der Waals surface area contributed by atoms with E-state index >= 15 is 0 Å². The smallest absolute Gasteiger partial charge is 0.337 e. The fourth-order valence-electron chi connectivity index (χ4n) is 6.47. The number of pyridine rings is 1. The molecule has 1 fully saturated rings. The van der Waals surface area contributed by atoms with Crippen LogP contribution < -0.4 is 15.8 Å². The average Bonchev–Trinajstić information content (AvgIpc) is 3.71. The third kappa shape index (κ3) is 7.31. The van der Waals surface area contributed by atoms with Gasteiger partial charge in [0.15, 0.2) is 11.4 Å². The molecule has 0 bridgehead atoms. The van der Waals surface area contributed by atoms with Crippen LogP contribution in [-0.4, -0.2) is 77.4 Å². The molecule has 5 aromatic rings. The molecule has 2 aromatic heterocycles. The third-order valence-electron chi connectivity index (χ3n) is 9.28. The van der Waals surface area contributed by atoms with Crippen molar-refractivity contribution < 1.29 is 23.8 Å². The highest BCUT2D eigenvalue weighted by atomic mass is 16.7. The summed E-state index contributed by atoms with van der Waals surface area (Å²) in [6, 6.07) is 27.4. The first-order valence-corrected chi connectivity index (χ1v) is 16.8. The summed E-state index contributed by atoms with van der Waals surface area (Å²) in [5.41, 5.74) is 4.57. The Morgan fingerprint density at radius 3 is 2.27 bits per heavy atom. The molecule has 7 rings (SSSR count). The molecule has 0 aliphatic carbocycles. The number of hydrogen-bond acceptors (Lipinski definition) is 10. The van der Waals surface area contributed by atoms with Crippen molar-refractivity contribution in [2.45, 2.75) is 25.9 Å². The zero-order valence-electron chi connectivity index (χ0n) is 28.5. The van der Waals surface area contributed by atoms with Crippen molar-refractivity contribution >= 4 is 28.9 Å². The van der Waals surface area contributed by atoms with Crippen LogP contribution in [0.1, 0.15) is 37.5 Å². The maximum atomic E-state index is 13.3. The molecule has 2 aliphatic heterocycles. The number of carbonyl (C=O) groups is 2. The van der Waals surface area contributed by atoms with Crippen LogP contribution in [-0.2, 0) is 27.2 Å². The van der Waals surface area contributed by atoms with Gasteiger partial charge in [0.05, 0.1) is 30.1 Å². The SMILES string of the molecule is COC(=O)c1ccc(CNC(=O)c2ccc(-n3c(=O)ccc4c(C)nc(N5CCN(C(Cc6ccccc6)C6=COCO6)CC5)nc43)cc2)cc1. The number of carbonyl (C=O) groups excluding carboxylic acids is 2. The maximum absolute atomic E-state index is 13.3. The molecule has 1 amide bonds. The van der Waals surface area contributed by atoms with Gasteiger partial charge in [-0.25, -0.2) is 9.78 Å². The van der Waals surface area contributed by atoms with Crippen LogP contribution in [0.4, 0.5) is 5.95 Å². The van der Waals surface area contributed by atoms with Gasteiger partial charge in [0.2, 0.25) is 12.7 Å². The number of nitrogens with one attached hydrogen (secondary N) is 1. The number of benzene rings is 3. The first-order chi connectivity index (χ1) is 24.9. The summed E-state index contributed by atoms with van der Waals surface area (Å²) in [6.45, 7) is 5.37. The van der Waals surface area contributed by atoms with E-state index in [-0.39, 0.29) is 30.8 Å². The second-order valence-corrected chi connectivity index (χ2v) is 12.4. The molecule has 51 heavy (non-hydrogen) atoms. The second-order valence-electron chi connectivity index (χ2n) is 12.4. The van der Waals surface area contributed by atoms with Crippen LogP contribution in [0, 0.1) is 6.92 Å². The topological polar surface area (TPSA) is 128 Å². The summed E-state index contributed by atoms with van der Waals surface area (Å²) >= 11 is 0. The van der Waals surface area contributed by atoms with Gasteiger partial charge in [-0.05, 0) is 66.9 Å². The van der Waals surface area contributed by atoms with Crippen LogP contribution in [0.25, 0.3) is 16.7 Å². The summed E-state index contributed by atoms with van der Waals surface area (Å²) in [6.07, 6.45) is 2.53. The second kappa shape index (κ2) is 14.9. The van der Waals surface area contributed by atoms with Gasteiger partial charge in [-0.15, -0.1) is 0 Å². The molecule has 0 radical (unpaired) electrons. The summed E-state index contributed by atoms with van der Waals surface area (Å²) in [7, 11) is 1.33. The number of rotatable bonds is 10. The quantitative estimate of drug-likeness (QED) is 0.212. The minimum atomic E-state index is -0.417. The van der Waals surface area contributed by atoms with E-state index in [1.165, 1.54) is 18.7 Å². The number of amides is 1. The number of anilines is 1. The summed E-state index contributed by atoms with van der Waals surface area (Å²) < 4.78 is 17.6. The number of esters is 1. The highest BCUT2D eigenvalue weighted by Crippen LogP contribution is 2.25. The molecule has 1 N–H and O–H groups in total. The summed E-state index contributed by atoms with van der Waals surface area (Å²) in [4.78, 5) is 52.4. The van der Waals surface area contributed by atoms with Gasteiger partial charge in [0.1, 0.15) is 6.26 Å². The maximum Gasteiger partial charge on any atom is 0.337 e. The molecule has 0 spiro atoms. The zero-order chi connectivity index (χ0) is 35.3. The van der Waals surface area contributed by atoms with E-state index in [9.17, 15) is 14.4 Å². The van der Waals surface area contributed by atoms with Crippen molar-refractivity contribution in [3.05, 3.63) is 141 Å². The lowest BCUT2D eigenvalue weighted by atomic mass is 10.0. The van der Waals surface area contributed by atoms with Gasteiger partial charge in [0, 0.05) is 49.7 Å². The van der Waals surface area contributed by atoms with Gasteiger partial charge < -0.3 is 24.4 Å². The Hall–Kier alpha value is -6.01. The fraction of sp³-hybridized carbons (Fsp3) is 0.256. The number of fused-ring (bicyclic) bond motifs is 1. The van der Waals surface area contributed by atoms with Crippen LogP contribution >= 0.6 is 0 Å². The van der Waals surface area contributed by atoms with Crippen LogP contribution in [0.15, 0.2) is 108 Å². The normalized spacial score (nSPS) is 15.1. The minimum Gasteiger partial charge on any atom is -0.465 e. The molecule has 12 nitrogen and oxygen atoms in total. The number of hydrogen-bond donors (Lipinski definition) is 1. The molecule has 0 saturated carbocycles. The van der Waals surface area contributed by atoms with E-state index in [0.717, 1.165) is 41.9 Å². The fourth-order valence-corrected chi connectivity index (χ4v) is 6.47. The van der Waals surface area contributed by atoms with Gasteiger partial charge in [-0.1, -0.05) is 42.5 Å². The summed E-state index contributed by atoms with van der Waals surface area (Å²) in [5.74, 6) is 0.718. The Balaban J connectivity index is 1.07. The largest absolute Gasteiger partial charge is 0.465 e. The van der Waals surface area contributed by atoms with E-state index in [0.29, 0.717) is 41.5 Å². The molecule has 1 saturated heterocycles. The zero-order valence-corrected chi connectivity index (χ0v) is 28.5. The first kappa shape index (κ1) is 33.5. The van der Waals surface area contributed by atoms with E-state index in [2.05, 4.69) is 27.2 Å². The third-order valence-corrected chi connectivity index (χ3v) is 9.28. The number of ether oxygens (including phenoxy) is 3. The number of nitrogens with zero attached hydrogens (tertiary/aromatic N) is 5.